The van der Waals surface area contributed by atoms with Crippen LogP contribution in [0.4, 0.5) is 0 Å². The summed E-state index contributed by atoms with van der Waals surface area (Å²) in [6.07, 6.45) is 3.38. The fraction of sp³-hybridized carbons (Fsp3) is 0.429. The predicted molar refractivity (Wildman–Crippen MR) is 189 cm³/mol. The van der Waals surface area contributed by atoms with E-state index >= 15 is 0 Å². The normalized spacial score (nSPS) is 15.7. The molecule has 0 heterocycles. The van der Waals surface area contributed by atoms with E-state index in [1.54, 1.807) is 0 Å². The summed E-state index contributed by atoms with van der Waals surface area (Å²) in [5.41, 5.74) is 15.9. The summed E-state index contributed by atoms with van der Waals surface area (Å²) in [7, 11) is 0. The number of phenols is 4. The molecule has 0 bridgehead atoms. The molecule has 0 unspecified atom stereocenters. The summed E-state index contributed by atoms with van der Waals surface area (Å²) in [5, 5.41) is 43.8. The molecule has 1 fully saturated rings. The maximum atomic E-state index is 11.0. The smallest absolute Gasteiger partial charge is 0.121 e. The Hall–Kier alpha value is -3.92. The van der Waals surface area contributed by atoms with Crippen molar-refractivity contribution in [1.82, 2.24) is 0 Å². The third-order valence-corrected chi connectivity index (χ3v) is 12.2. The van der Waals surface area contributed by atoms with E-state index in [2.05, 4.69) is 52.0 Å². The van der Waals surface area contributed by atoms with E-state index in [4.69, 9.17) is 0 Å². The van der Waals surface area contributed by atoms with Crippen LogP contribution in [0.1, 0.15) is 115 Å². The van der Waals surface area contributed by atoms with Crippen LogP contribution in [0.15, 0.2) is 24.3 Å². The van der Waals surface area contributed by atoms with Gasteiger partial charge in [0.15, 0.2) is 0 Å². The van der Waals surface area contributed by atoms with Gasteiger partial charge in [0.2, 0.25) is 0 Å². The maximum Gasteiger partial charge on any atom is 0.121 e. The summed E-state index contributed by atoms with van der Waals surface area (Å²) in [6.45, 7) is 24.5. The Balaban J connectivity index is 1.86. The van der Waals surface area contributed by atoms with Crippen LogP contribution in [0.25, 0.3) is 0 Å². The van der Waals surface area contributed by atoms with Crippen LogP contribution in [-0.2, 0) is 10.8 Å². The second-order valence-corrected chi connectivity index (χ2v) is 14.5. The molecule has 0 atom stereocenters. The predicted octanol–water partition coefficient (Wildman–Crippen LogP) is 10.1. The minimum Gasteiger partial charge on any atom is -0.507 e. The third-order valence-electron chi connectivity index (χ3n) is 12.2. The van der Waals surface area contributed by atoms with Crippen molar-refractivity contribution in [3.8, 4) is 23.0 Å². The largest absolute Gasteiger partial charge is 0.507 e. The molecule has 1 saturated carbocycles. The average molecular weight is 621 g/mol. The highest BCUT2D eigenvalue weighted by molar-refractivity contribution is 5.62. The minimum absolute atomic E-state index is 0.353. The second kappa shape index (κ2) is 11.4. The number of rotatable bonds is 4. The summed E-state index contributed by atoms with van der Waals surface area (Å²) < 4.78 is 0. The highest BCUT2D eigenvalue weighted by Crippen LogP contribution is 2.58. The number of hydrogen-bond donors (Lipinski definition) is 4. The minimum atomic E-state index is -0.353. The van der Waals surface area contributed by atoms with E-state index in [0.717, 1.165) is 92.4 Å². The Bertz CT molecular complexity index is 1630. The van der Waals surface area contributed by atoms with Crippen LogP contribution in [0.5, 0.6) is 23.0 Å². The van der Waals surface area contributed by atoms with Gasteiger partial charge >= 0.3 is 0 Å². The monoisotopic (exact) mass is 620 g/mol. The first-order valence-corrected chi connectivity index (χ1v) is 16.6. The van der Waals surface area contributed by atoms with Crippen molar-refractivity contribution in [2.45, 2.75) is 120 Å². The van der Waals surface area contributed by atoms with Crippen molar-refractivity contribution >= 4 is 0 Å². The molecule has 0 saturated heterocycles. The van der Waals surface area contributed by atoms with Gasteiger partial charge in [0.25, 0.3) is 0 Å². The Morgan fingerprint density at radius 2 is 0.500 bits per heavy atom. The maximum absolute atomic E-state index is 11.0. The molecule has 0 amide bonds. The lowest BCUT2D eigenvalue weighted by atomic mass is 9.53. The molecular weight excluding hydrogens is 568 g/mol. The quantitative estimate of drug-likeness (QED) is 0.183. The summed E-state index contributed by atoms with van der Waals surface area (Å²) in [6, 6.07) is 8.79. The topological polar surface area (TPSA) is 80.9 Å². The number of phenolic OH excluding ortho intramolecular Hbond substituents is 4. The van der Waals surface area contributed by atoms with Crippen LogP contribution in [0, 0.1) is 83.1 Å². The molecule has 0 spiro atoms. The Kier molecular flexibility index (Phi) is 8.29. The fourth-order valence-corrected chi connectivity index (χ4v) is 8.73. The van der Waals surface area contributed by atoms with Crippen molar-refractivity contribution in [3.63, 3.8) is 0 Å². The van der Waals surface area contributed by atoms with E-state index in [9.17, 15) is 20.4 Å². The number of aromatic hydroxyl groups is 4. The zero-order valence-electron chi connectivity index (χ0n) is 29.9. The molecule has 4 N–H and O–H groups in total. The molecule has 4 aromatic carbocycles. The third kappa shape index (κ3) is 4.70. The number of hydrogen-bond acceptors (Lipinski definition) is 4. The fourth-order valence-electron chi connectivity index (χ4n) is 8.73. The molecular formula is C42H52O4. The summed E-state index contributed by atoms with van der Waals surface area (Å²) in [4.78, 5) is 0. The van der Waals surface area contributed by atoms with Crippen LogP contribution in [-0.4, -0.2) is 20.4 Å². The second-order valence-electron chi connectivity index (χ2n) is 14.5. The van der Waals surface area contributed by atoms with Gasteiger partial charge in [0, 0.05) is 10.8 Å². The molecule has 0 aromatic heterocycles. The Labute approximate surface area is 275 Å². The zero-order valence-corrected chi connectivity index (χ0v) is 29.9. The van der Waals surface area contributed by atoms with Gasteiger partial charge in [0.1, 0.15) is 23.0 Å². The van der Waals surface area contributed by atoms with Gasteiger partial charge in [-0.05, 0) is 198 Å². The molecule has 46 heavy (non-hydrogen) atoms. The molecule has 244 valence electrons. The molecule has 4 heteroatoms. The van der Waals surface area contributed by atoms with Crippen molar-refractivity contribution in [3.05, 3.63) is 113 Å². The van der Waals surface area contributed by atoms with Gasteiger partial charge in [-0.15, -0.1) is 0 Å². The van der Waals surface area contributed by atoms with Crippen molar-refractivity contribution < 1.29 is 20.4 Å². The van der Waals surface area contributed by atoms with Gasteiger partial charge in [-0.1, -0.05) is 24.3 Å². The first-order chi connectivity index (χ1) is 21.4. The van der Waals surface area contributed by atoms with Gasteiger partial charge < -0.3 is 20.4 Å². The van der Waals surface area contributed by atoms with E-state index in [-0.39, 0.29) is 10.8 Å². The SMILES string of the molecule is Cc1cc(C2(c3cc(C)c(O)c(C)c3C)CCC(c3cc(C)c(O)c(C)c3C)(c3cc(C)c(O)c(C)c3C)CC2)c(C)c(C)c1O. The first-order valence-electron chi connectivity index (χ1n) is 16.6. The molecule has 0 radical (unpaired) electrons. The lowest BCUT2D eigenvalue weighted by Crippen LogP contribution is -2.43. The van der Waals surface area contributed by atoms with E-state index < -0.39 is 0 Å². The van der Waals surface area contributed by atoms with Crippen molar-refractivity contribution in [1.29, 1.82) is 0 Å². The zero-order chi connectivity index (χ0) is 34.2. The van der Waals surface area contributed by atoms with Crippen molar-refractivity contribution in [2.24, 2.45) is 0 Å². The van der Waals surface area contributed by atoms with Crippen LogP contribution >= 0.6 is 0 Å². The average Bonchev–Trinajstić information content (AvgIpc) is 3.04. The number of aryl methyl sites for hydroxylation is 4. The summed E-state index contributed by atoms with van der Waals surface area (Å²) in [5.74, 6) is 1.42. The van der Waals surface area contributed by atoms with Gasteiger partial charge in [-0.25, -0.2) is 0 Å². The highest BCUT2D eigenvalue weighted by atomic mass is 16.3. The molecule has 4 nitrogen and oxygen atoms in total. The lowest BCUT2D eigenvalue weighted by Gasteiger charge is -2.50. The number of benzene rings is 4. The molecule has 0 aliphatic heterocycles. The molecule has 4 aromatic rings. The van der Waals surface area contributed by atoms with Gasteiger partial charge in [-0.2, -0.15) is 0 Å². The lowest BCUT2D eigenvalue weighted by molar-refractivity contribution is 0.253. The molecule has 1 aliphatic carbocycles. The van der Waals surface area contributed by atoms with E-state index in [1.807, 2.05) is 55.4 Å². The van der Waals surface area contributed by atoms with E-state index in [0.29, 0.717) is 23.0 Å². The van der Waals surface area contributed by atoms with Crippen LogP contribution in [0.2, 0.25) is 0 Å². The van der Waals surface area contributed by atoms with Gasteiger partial charge in [-0.3, -0.25) is 0 Å². The first kappa shape index (κ1) is 33.4. The molecule has 1 aliphatic rings. The Morgan fingerprint density at radius 3 is 0.674 bits per heavy atom. The van der Waals surface area contributed by atoms with Crippen LogP contribution < -0.4 is 0 Å². The Morgan fingerprint density at radius 1 is 0.326 bits per heavy atom. The van der Waals surface area contributed by atoms with E-state index in [1.165, 1.54) is 22.3 Å². The highest BCUT2D eigenvalue weighted by Gasteiger charge is 2.49. The van der Waals surface area contributed by atoms with Crippen LogP contribution in [0.3, 0.4) is 0 Å². The summed E-state index contributed by atoms with van der Waals surface area (Å²) >= 11 is 0. The van der Waals surface area contributed by atoms with Gasteiger partial charge in [0.05, 0.1) is 0 Å². The molecule has 5 rings (SSSR count). The standard InChI is InChI=1S/C42H52O4/c1-21-17-33(25(5)29(9)37(21)43)41(34-18-22(2)38(44)30(10)26(34)6)13-15-42(16-14-41,35-19-23(3)39(45)31(11)27(35)7)36-20-24(4)40(46)32(12)28(36)8/h17-20,43-46H,13-16H2,1-12H3. The van der Waals surface area contributed by atoms with Crippen molar-refractivity contribution in [2.75, 3.05) is 0 Å².